The van der Waals surface area contributed by atoms with Crippen molar-refractivity contribution in [3.63, 3.8) is 0 Å². The molecule has 0 saturated carbocycles. The van der Waals surface area contributed by atoms with E-state index in [2.05, 4.69) is 9.97 Å². The lowest BCUT2D eigenvalue weighted by atomic mass is 10.0. The van der Waals surface area contributed by atoms with Crippen molar-refractivity contribution in [1.29, 1.82) is 0 Å². The summed E-state index contributed by atoms with van der Waals surface area (Å²) in [7, 11) is 0. The summed E-state index contributed by atoms with van der Waals surface area (Å²) in [5.74, 6) is 0.535. The molecule has 1 aliphatic heterocycles. The van der Waals surface area contributed by atoms with E-state index in [-0.39, 0.29) is 18.6 Å². The van der Waals surface area contributed by atoms with Crippen LogP contribution in [0.1, 0.15) is 22.6 Å². The number of aromatic nitrogens is 2. The number of aliphatic hydroxyl groups excluding tert-OH is 1. The molecule has 1 saturated heterocycles. The fourth-order valence-corrected chi connectivity index (χ4v) is 3.37. The summed E-state index contributed by atoms with van der Waals surface area (Å²) in [6.07, 6.45) is 2.99. The fraction of sp³-hybridized carbons (Fsp3) is 0.286. The zero-order chi connectivity index (χ0) is 18.8. The second-order valence-electron chi connectivity index (χ2n) is 6.81. The lowest BCUT2D eigenvalue weighted by Gasteiger charge is -2.35. The predicted molar refractivity (Wildman–Crippen MR) is 102 cm³/mol. The molecule has 0 unspecified atom stereocenters. The van der Waals surface area contributed by atoms with Gasteiger partial charge in [-0.1, -0.05) is 12.1 Å². The van der Waals surface area contributed by atoms with Crippen LogP contribution in [0.5, 0.6) is 5.75 Å². The topological polar surface area (TPSA) is 75.6 Å². The van der Waals surface area contributed by atoms with Crippen molar-refractivity contribution in [1.82, 2.24) is 14.9 Å². The van der Waals surface area contributed by atoms with Gasteiger partial charge in [-0.05, 0) is 42.6 Å². The lowest BCUT2D eigenvalue weighted by molar-refractivity contribution is -0.0200. The van der Waals surface area contributed by atoms with Gasteiger partial charge in [-0.15, -0.1) is 0 Å². The van der Waals surface area contributed by atoms with Gasteiger partial charge < -0.3 is 14.7 Å². The largest absolute Gasteiger partial charge is 0.488 e. The molecule has 4 rings (SSSR count). The molecule has 1 fully saturated rings. The van der Waals surface area contributed by atoms with Crippen molar-refractivity contribution in [3.8, 4) is 5.75 Å². The summed E-state index contributed by atoms with van der Waals surface area (Å²) < 4.78 is 6.00. The summed E-state index contributed by atoms with van der Waals surface area (Å²) in [6, 6.07) is 13.1. The highest BCUT2D eigenvalue weighted by Gasteiger charge is 2.32. The van der Waals surface area contributed by atoms with Crippen LogP contribution in [0.4, 0.5) is 0 Å². The summed E-state index contributed by atoms with van der Waals surface area (Å²) in [6.45, 7) is 2.60. The number of fused-ring (bicyclic) bond motifs is 1. The van der Waals surface area contributed by atoms with E-state index < -0.39 is 6.10 Å². The van der Waals surface area contributed by atoms with Gasteiger partial charge in [-0.25, -0.2) is 4.98 Å². The molecule has 1 aromatic carbocycles. The van der Waals surface area contributed by atoms with Gasteiger partial charge >= 0.3 is 0 Å². The number of carbonyl (C=O) groups excluding carboxylic acids is 1. The first-order valence-electron chi connectivity index (χ1n) is 9.01. The first-order chi connectivity index (χ1) is 13.1. The van der Waals surface area contributed by atoms with Crippen LogP contribution in [0.25, 0.3) is 10.8 Å². The molecule has 0 radical (unpaired) electrons. The Bertz CT molecular complexity index is 976. The quantitative estimate of drug-likeness (QED) is 0.774. The van der Waals surface area contributed by atoms with Crippen LogP contribution >= 0.6 is 0 Å². The number of likely N-dealkylation sites (tertiary alicyclic amines) is 1. The Labute approximate surface area is 157 Å². The van der Waals surface area contributed by atoms with Crippen molar-refractivity contribution < 1.29 is 14.6 Å². The number of amides is 1. The minimum atomic E-state index is -0.753. The second-order valence-corrected chi connectivity index (χ2v) is 6.81. The van der Waals surface area contributed by atoms with Gasteiger partial charge in [0.25, 0.3) is 5.91 Å². The molecular weight excluding hydrogens is 342 g/mol. The maximum Gasteiger partial charge on any atom is 0.272 e. The summed E-state index contributed by atoms with van der Waals surface area (Å²) in [5.41, 5.74) is 1.20. The van der Waals surface area contributed by atoms with E-state index in [1.165, 1.54) is 0 Å². The number of hydrogen-bond acceptors (Lipinski definition) is 5. The van der Waals surface area contributed by atoms with Crippen molar-refractivity contribution in [2.24, 2.45) is 0 Å². The molecule has 138 valence electrons. The van der Waals surface area contributed by atoms with Gasteiger partial charge in [0.2, 0.25) is 0 Å². The van der Waals surface area contributed by atoms with E-state index in [9.17, 15) is 9.90 Å². The first-order valence-corrected chi connectivity index (χ1v) is 9.01. The molecule has 6 nitrogen and oxygen atoms in total. The molecule has 2 atom stereocenters. The molecule has 3 heterocycles. The third kappa shape index (κ3) is 3.75. The molecule has 1 amide bonds. The van der Waals surface area contributed by atoms with Gasteiger partial charge in [0, 0.05) is 36.4 Å². The van der Waals surface area contributed by atoms with Crippen molar-refractivity contribution >= 4 is 16.7 Å². The molecule has 0 bridgehead atoms. The Morgan fingerprint density at radius 2 is 2.11 bits per heavy atom. The SMILES string of the molecule is Cc1cccc(C(=O)N2CC[C@@H](Oc3ccc4ccncc4c3)[C@H](O)C2)n1. The first kappa shape index (κ1) is 17.4. The zero-order valence-corrected chi connectivity index (χ0v) is 15.1. The smallest absolute Gasteiger partial charge is 0.272 e. The standard InChI is InChI=1S/C21H21N3O3/c1-14-3-2-4-18(23-14)21(26)24-10-8-20(19(25)13-24)27-17-6-5-15-7-9-22-12-16(15)11-17/h2-7,9,11-12,19-20,25H,8,10,13H2,1H3/t19-,20-/m1/s1. The van der Waals surface area contributed by atoms with Crippen LogP contribution in [0.15, 0.2) is 54.9 Å². The summed E-state index contributed by atoms with van der Waals surface area (Å²) >= 11 is 0. The van der Waals surface area contributed by atoms with E-state index >= 15 is 0 Å². The molecule has 2 aromatic heterocycles. The van der Waals surface area contributed by atoms with E-state index in [4.69, 9.17) is 4.74 Å². The third-order valence-electron chi connectivity index (χ3n) is 4.81. The van der Waals surface area contributed by atoms with Gasteiger partial charge in [-0.3, -0.25) is 9.78 Å². The molecule has 27 heavy (non-hydrogen) atoms. The number of aliphatic hydroxyl groups is 1. The van der Waals surface area contributed by atoms with Gasteiger partial charge in [0.1, 0.15) is 23.7 Å². The summed E-state index contributed by atoms with van der Waals surface area (Å²) in [5, 5.41) is 12.6. The normalized spacial score (nSPS) is 19.9. The lowest BCUT2D eigenvalue weighted by Crippen LogP contribution is -2.51. The van der Waals surface area contributed by atoms with Crippen LogP contribution in [0.2, 0.25) is 0 Å². The van der Waals surface area contributed by atoms with Crippen molar-refractivity contribution in [2.45, 2.75) is 25.6 Å². The number of aryl methyl sites for hydroxylation is 1. The average molecular weight is 363 g/mol. The highest BCUT2D eigenvalue weighted by atomic mass is 16.5. The monoisotopic (exact) mass is 363 g/mol. The van der Waals surface area contributed by atoms with Crippen LogP contribution in [0.3, 0.4) is 0 Å². The highest BCUT2D eigenvalue weighted by molar-refractivity contribution is 5.92. The number of rotatable bonds is 3. The van der Waals surface area contributed by atoms with Crippen molar-refractivity contribution in [3.05, 3.63) is 66.2 Å². The molecule has 0 spiro atoms. The number of pyridine rings is 2. The van der Waals surface area contributed by atoms with Gasteiger partial charge in [0.15, 0.2) is 0 Å². The number of carbonyl (C=O) groups is 1. The molecule has 6 heteroatoms. The van der Waals surface area contributed by atoms with Crippen LogP contribution in [-0.2, 0) is 0 Å². The maximum atomic E-state index is 12.6. The number of nitrogens with zero attached hydrogens (tertiary/aromatic N) is 3. The predicted octanol–water partition coefficient (Wildman–Crippen LogP) is 2.59. The zero-order valence-electron chi connectivity index (χ0n) is 15.1. The minimum absolute atomic E-state index is 0.159. The number of benzene rings is 1. The number of piperidine rings is 1. The van der Waals surface area contributed by atoms with Gasteiger partial charge in [0.05, 0.1) is 6.54 Å². The average Bonchev–Trinajstić information content (AvgIpc) is 2.69. The molecule has 1 N–H and O–H groups in total. The van der Waals surface area contributed by atoms with E-state index in [1.54, 1.807) is 23.4 Å². The molecule has 3 aromatic rings. The molecular formula is C21H21N3O3. The Hall–Kier alpha value is -2.99. The van der Waals surface area contributed by atoms with E-state index in [1.807, 2.05) is 43.3 Å². The number of hydrogen-bond donors (Lipinski definition) is 1. The Kier molecular flexibility index (Phi) is 4.73. The minimum Gasteiger partial charge on any atom is -0.488 e. The van der Waals surface area contributed by atoms with Gasteiger partial charge in [-0.2, -0.15) is 0 Å². The number of β-amino-alcohol motifs (C(OH)–C–C–N with tert-alkyl or cyclic N) is 1. The Balaban J connectivity index is 1.43. The van der Waals surface area contributed by atoms with E-state index in [0.29, 0.717) is 24.4 Å². The highest BCUT2D eigenvalue weighted by Crippen LogP contribution is 2.24. The van der Waals surface area contributed by atoms with Crippen molar-refractivity contribution in [2.75, 3.05) is 13.1 Å². The molecule has 0 aliphatic carbocycles. The third-order valence-corrected chi connectivity index (χ3v) is 4.81. The second kappa shape index (κ2) is 7.32. The maximum absolute atomic E-state index is 12.6. The Morgan fingerprint density at radius 3 is 2.93 bits per heavy atom. The number of ether oxygens (including phenoxy) is 1. The Morgan fingerprint density at radius 1 is 1.22 bits per heavy atom. The molecule has 1 aliphatic rings. The van der Waals surface area contributed by atoms with E-state index in [0.717, 1.165) is 16.5 Å². The van der Waals surface area contributed by atoms with Crippen LogP contribution in [0, 0.1) is 6.92 Å². The fourth-order valence-electron chi connectivity index (χ4n) is 3.37. The summed E-state index contributed by atoms with van der Waals surface area (Å²) in [4.78, 5) is 22.7. The van der Waals surface area contributed by atoms with Crippen LogP contribution in [-0.4, -0.2) is 51.2 Å². The van der Waals surface area contributed by atoms with Crippen LogP contribution < -0.4 is 4.74 Å².